The molecule has 1 nitrogen and oxygen atoms in total. The fourth-order valence-electron chi connectivity index (χ4n) is 2.62. The second kappa shape index (κ2) is 7.20. The Morgan fingerprint density at radius 2 is 2.11 bits per heavy atom. The summed E-state index contributed by atoms with van der Waals surface area (Å²) in [5.74, 6) is 2.00. The van der Waals surface area contributed by atoms with Crippen molar-refractivity contribution in [2.24, 2.45) is 0 Å². The Kier molecular flexibility index (Phi) is 5.58. The highest BCUT2D eigenvalue weighted by Crippen LogP contribution is 2.25. The fraction of sp³-hybridized carbons (Fsp3) is 0.625. The first-order chi connectivity index (χ1) is 8.77. The Labute approximate surface area is 116 Å². The molecule has 0 bridgehead atoms. The second-order valence-corrected chi connectivity index (χ2v) is 6.86. The van der Waals surface area contributed by atoms with Gasteiger partial charge in [0.15, 0.2) is 0 Å². The first kappa shape index (κ1) is 14.0. The van der Waals surface area contributed by atoms with Crippen LogP contribution in [0, 0.1) is 0 Å². The molecule has 1 fully saturated rings. The number of nitrogens with one attached hydrogen (secondary N) is 1. The van der Waals surface area contributed by atoms with Crippen LogP contribution in [-0.4, -0.2) is 23.6 Å². The molecule has 1 aromatic rings. The van der Waals surface area contributed by atoms with E-state index in [9.17, 15) is 0 Å². The minimum absolute atomic E-state index is 0.658. The predicted molar refractivity (Wildman–Crippen MR) is 82.4 cm³/mol. The Bertz CT molecular complexity index is 338. The monoisotopic (exact) mass is 263 g/mol. The summed E-state index contributed by atoms with van der Waals surface area (Å²) in [4.78, 5) is 0. The molecular formula is C16H25NS. The van der Waals surface area contributed by atoms with E-state index in [0.717, 1.165) is 17.8 Å². The highest BCUT2D eigenvalue weighted by atomic mass is 32.2. The minimum Gasteiger partial charge on any atom is -0.313 e. The number of hydrogen-bond acceptors (Lipinski definition) is 2. The summed E-state index contributed by atoms with van der Waals surface area (Å²) in [5, 5.41) is 4.53. The van der Waals surface area contributed by atoms with Crippen LogP contribution in [0.1, 0.15) is 44.6 Å². The lowest BCUT2D eigenvalue weighted by Gasteiger charge is -2.29. The van der Waals surface area contributed by atoms with Crippen LogP contribution in [0.15, 0.2) is 30.3 Å². The van der Waals surface area contributed by atoms with Gasteiger partial charge in [-0.15, -0.1) is 0 Å². The van der Waals surface area contributed by atoms with Gasteiger partial charge in [-0.25, -0.2) is 0 Å². The molecule has 1 N–H and O–H groups in total. The Balaban J connectivity index is 1.71. The van der Waals surface area contributed by atoms with E-state index >= 15 is 0 Å². The van der Waals surface area contributed by atoms with Gasteiger partial charge in [0.2, 0.25) is 0 Å². The predicted octanol–water partition coefficient (Wildman–Crippen LogP) is 4.05. The van der Waals surface area contributed by atoms with Gasteiger partial charge < -0.3 is 5.32 Å². The Morgan fingerprint density at radius 1 is 1.33 bits per heavy atom. The smallest absolute Gasteiger partial charge is 0.0184 e. The van der Waals surface area contributed by atoms with Gasteiger partial charge >= 0.3 is 0 Å². The highest BCUT2D eigenvalue weighted by molar-refractivity contribution is 7.99. The maximum absolute atomic E-state index is 3.75. The summed E-state index contributed by atoms with van der Waals surface area (Å²) in [6.45, 7) is 5.84. The van der Waals surface area contributed by atoms with Crippen molar-refractivity contribution in [3.63, 3.8) is 0 Å². The highest BCUT2D eigenvalue weighted by Gasteiger charge is 2.20. The van der Waals surface area contributed by atoms with E-state index < -0.39 is 0 Å². The molecule has 0 spiro atoms. The third kappa shape index (κ3) is 4.03. The molecule has 2 rings (SSSR count). The molecule has 3 atom stereocenters. The minimum atomic E-state index is 0.658. The second-order valence-electron chi connectivity index (χ2n) is 5.38. The summed E-state index contributed by atoms with van der Waals surface area (Å²) in [7, 11) is 0. The van der Waals surface area contributed by atoms with Crippen molar-refractivity contribution in [3.8, 4) is 0 Å². The van der Waals surface area contributed by atoms with Crippen molar-refractivity contribution < 1.29 is 0 Å². The van der Waals surface area contributed by atoms with Crippen LogP contribution in [-0.2, 0) is 0 Å². The molecule has 0 aromatic heterocycles. The normalized spacial score (nSPS) is 25.9. The van der Waals surface area contributed by atoms with E-state index in [1.54, 1.807) is 0 Å². The average Bonchev–Trinajstić information content (AvgIpc) is 2.42. The molecule has 0 radical (unpaired) electrons. The molecule has 0 aliphatic carbocycles. The molecule has 1 aliphatic rings. The van der Waals surface area contributed by atoms with Crippen LogP contribution in [0.4, 0.5) is 0 Å². The van der Waals surface area contributed by atoms with Gasteiger partial charge in [-0.3, -0.25) is 0 Å². The van der Waals surface area contributed by atoms with Crippen LogP contribution in [0.3, 0.4) is 0 Å². The number of thioether (sulfide) groups is 1. The maximum atomic E-state index is 3.75. The first-order valence-electron chi connectivity index (χ1n) is 7.17. The van der Waals surface area contributed by atoms with Gasteiger partial charge in [0.1, 0.15) is 0 Å². The van der Waals surface area contributed by atoms with Gasteiger partial charge in [-0.05, 0) is 43.0 Å². The number of hydrogen-bond donors (Lipinski definition) is 1. The fourth-order valence-corrected chi connectivity index (χ4v) is 3.79. The maximum Gasteiger partial charge on any atom is 0.0184 e. The third-order valence-electron chi connectivity index (χ3n) is 3.96. The van der Waals surface area contributed by atoms with Crippen molar-refractivity contribution in [1.29, 1.82) is 0 Å². The molecule has 0 amide bonds. The lowest BCUT2D eigenvalue weighted by Crippen LogP contribution is -2.39. The van der Waals surface area contributed by atoms with Crippen LogP contribution >= 0.6 is 11.8 Å². The van der Waals surface area contributed by atoms with Crippen molar-refractivity contribution in [2.45, 2.75) is 50.3 Å². The zero-order valence-corrected chi connectivity index (χ0v) is 12.4. The van der Waals surface area contributed by atoms with E-state index in [4.69, 9.17) is 0 Å². The largest absolute Gasteiger partial charge is 0.313 e. The van der Waals surface area contributed by atoms with Crippen molar-refractivity contribution in [1.82, 2.24) is 5.32 Å². The van der Waals surface area contributed by atoms with Gasteiger partial charge in [0, 0.05) is 11.3 Å². The van der Waals surface area contributed by atoms with Crippen LogP contribution in [0.5, 0.6) is 0 Å². The van der Waals surface area contributed by atoms with Crippen LogP contribution in [0.25, 0.3) is 0 Å². The summed E-state index contributed by atoms with van der Waals surface area (Å²) in [6.07, 6.45) is 3.96. The average molecular weight is 263 g/mol. The van der Waals surface area contributed by atoms with E-state index in [-0.39, 0.29) is 0 Å². The molecule has 1 heterocycles. The summed E-state index contributed by atoms with van der Waals surface area (Å²) >= 11 is 2.12. The first-order valence-corrected chi connectivity index (χ1v) is 8.22. The van der Waals surface area contributed by atoms with Gasteiger partial charge in [-0.2, -0.15) is 11.8 Å². The SMILES string of the molecule is CC(CCNC1CCCSC1C)c1ccccc1. The van der Waals surface area contributed by atoms with E-state index in [0.29, 0.717) is 5.92 Å². The summed E-state index contributed by atoms with van der Waals surface area (Å²) in [5.41, 5.74) is 1.46. The molecule has 3 unspecified atom stereocenters. The standard InChI is InChI=1S/C16H25NS/c1-13(15-7-4-3-5-8-15)10-11-17-16-9-6-12-18-14(16)2/h3-5,7-8,13-14,16-17H,6,9-12H2,1-2H3. The van der Waals surface area contributed by atoms with Crippen molar-refractivity contribution >= 4 is 11.8 Å². The van der Waals surface area contributed by atoms with E-state index in [1.165, 1.54) is 30.6 Å². The summed E-state index contributed by atoms with van der Waals surface area (Å²) < 4.78 is 0. The van der Waals surface area contributed by atoms with Gasteiger partial charge in [0.25, 0.3) is 0 Å². The van der Waals surface area contributed by atoms with Crippen molar-refractivity contribution in [2.75, 3.05) is 12.3 Å². The lowest BCUT2D eigenvalue weighted by atomic mass is 9.97. The number of rotatable bonds is 5. The Hall–Kier alpha value is -0.470. The van der Waals surface area contributed by atoms with Crippen molar-refractivity contribution in [3.05, 3.63) is 35.9 Å². The number of benzene rings is 1. The molecule has 18 heavy (non-hydrogen) atoms. The zero-order chi connectivity index (χ0) is 12.8. The van der Waals surface area contributed by atoms with Crippen LogP contribution < -0.4 is 5.32 Å². The topological polar surface area (TPSA) is 12.0 Å². The van der Waals surface area contributed by atoms with Gasteiger partial charge in [-0.1, -0.05) is 44.2 Å². The third-order valence-corrected chi connectivity index (χ3v) is 5.34. The quantitative estimate of drug-likeness (QED) is 0.860. The molecule has 1 aromatic carbocycles. The van der Waals surface area contributed by atoms with E-state index in [1.807, 2.05) is 0 Å². The summed E-state index contributed by atoms with van der Waals surface area (Å²) in [6, 6.07) is 11.6. The molecular weight excluding hydrogens is 238 g/mol. The lowest BCUT2D eigenvalue weighted by molar-refractivity contribution is 0.449. The molecule has 0 saturated carbocycles. The van der Waals surface area contributed by atoms with Crippen LogP contribution in [0.2, 0.25) is 0 Å². The van der Waals surface area contributed by atoms with E-state index in [2.05, 4.69) is 61.3 Å². The zero-order valence-electron chi connectivity index (χ0n) is 11.6. The molecule has 2 heteroatoms. The Morgan fingerprint density at radius 3 is 2.83 bits per heavy atom. The molecule has 1 saturated heterocycles. The van der Waals surface area contributed by atoms with Gasteiger partial charge in [0.05, 0.1) is 0 Å². The molecule has 1 aliphatic heterocycles. The molecule has 100 valence electrons.